The predicted molar refractivity (Wildman–Crippen MR) is 139 cm³/mol. The molecular weight excluding hydrogens is 482 g/mol. The molecule has 0 spiro atoms. The summed E-state index contributed by atoms with van der Waals surface area (Å²) < 4.78 is 6.53. The SMILES string of the molecule is CCOC(=O)c1cc(-c2ccccc2)sc1NC(=O)Cn1cnc2sc3c(c2c1=O)CCC(C)C3. The highest BCUT2D eigenvalue weighted by molar-refractivity contribution is 7.20. The maximum Gasteiger partial charge on any atom is 0.341 e. The quantitative estimate of drug-likeness (QED) is 0.366. The highest BCUT2D eigenvalue weighted by Gasteiger charge is 2.24. The van der Waals surface area contributed by atoms with Crippen LogP contribution in [0, 0.1) is 5.92 Å². The maximum absolute atomic E-state index is 13.3. The number of anilines is 1. The van der Waals surface area contributed by atoms with Gasteiger partial charge in [0.1, 0.15) is 16.4 Å². The van der Waals surface area contributed by atoms with Gasteiger partial charge in [-0.2, -0.15) is 0 Å². The number of nitrogens with one attached hydrogen (secondary N) is 1. The van der Waals surface area contributed by atoms with Gasteiger partial charge in [-0.1, -0.05) is 37.3 Å². The van der Waals surface area contributed by atoms with Gasteiger partial charge in [0.25, 0.3) is 5.56 Å². The number of nitrogens with zero attached hydrogens (tertiary/aromatic N) is 2. The van der Waals surface area contributed by atoms with Crippen molar-refractivity contribution in [3.63, 3.8) is 0 Å². The predicted octanol–water partition coefficient (Wildman–Crippen LogP) is 5.13. The van der Waals surface area contributed by atoms with Gasteiger partial charge in [0.05, 0.1) is 23.9 Å². The number of thiophene rings is 2. The Morgan fingerprint density at radius 1 is 1.23 bits per heavy atom. The van der Waals surface area contributed by atoms with Crippen LogP contribution in [-0.4, -0.2) is 28.0 Å². The summed E-state index contributed by atoms with van der Waals surface area (Å²) in [4.78, 5) is 46.1. The van der Waals surface area contributed by atoms with Crippen LogP contribution < -0.4 is 10.9 Å². The van der Waals surface area contributed by atoms with Crippen LogP contribution in [-0.2, 0) is 28.9 Å². The van der Waals surface area contributed by atoms with E-state index in [0.717, 1.165) is 40.1 Å². The summed E-state index contributed by atoms with van der Waals surface area (Å²) >= 11 is 2.88. The lowest BCUT2D eigenvalue weighted by atomic mass is 9.89. The molecule has 1 aliphatic carbocycles. The average molecular weight is 508 g/mol. The van der Waals surface area contributed by atoms with E-state index >= 15 is 0 Å². The van der Waals surface area contributed by atoms with Crippen molar-refractivity contribution in [3.8, 4) is 10.4 Å². The Balaban J connectivity index is 1.42. The Morgan fingerprint density at radius 2 is 2.03 bits per heavy atom. The zero-order chi connectivity index (χ0) is 24.5. The van der Waals surface area contributed by atoms with E-state index in [1.807, 2.05) is 30.3 Å². The van der Waals surface area contributed by atoms with E-state index in [-0.39, 0.29) is 18.7 Å². The van der Waals surface area contributed by atoms with E-state index in [2.05, 4.69) is 17.2 Å². The fraction of sp³-hybridized carbons (Fsp3) is 0.308. The number of amides is 1. The Kier molecular flexibility index (Phi) is 6.53. The second-order valence-corrected chi connectivity index (χ2v) is 10.8. The van der Waals surface area contributed by atoms with Gasteiger partial charge in [-0.05, 0) is 49.3 Å². The van der Waals surface area contributed by atoms with E-state index < -0.39 is 11.9 Å². The molecule has 4 aromatic rings. The monoisotopic (exact) mass is 507 g/mol. The van der Waals surface area contributed by atoms with Crippen LogP contribution in [0.2, 0.25) is 0 Å². The van der Waals surface area contributed by atoms with Gasteiger partial charge >= 0.3 is 5.97 Å². The highest BCUT2D eigenvalue weighted by atomic mass is 32.1. The molecule has 1 N–H and O–H groups in total. The second kappa shape index (κ2) is 9.75. The first kappa shape index (κ1) is 23.4. The number of aromatic nitrogens is 2. The molecule has 1 aliphatic rings. The lowest BCUT2D eigenvalue weighted by molar-refractivity contribution is -0.116. The lowest BCUT2D eigenvalue weighted by Crippen LogP contribution is -2.28. The highest BCUT2D eigenvalue weighted by Crippen LogP contribution is 2.37. The number of benzene rings is 1. The van der Waals surface area contributed by atoms with Crippen LogP contribution in [0.1, 0.15) is 41.1 Å². The topological polar surface area (TPSA) is 90.3 Å². The zero-order valence-corrected chi connectivity index (χ0v) is 21.1. The van der Waals surface area contributed by atoms with Gasteiger partial charge in [0.2, 0.25) is 5.91 Å². The van der Waals surface area contributed by atoms with Crippen molar-refractivity contribution >= 4 is 49.8 Å². The molecule has 1 unspecified atom stereocenters. The largest absolute Gasteiger partial charge is 0.462 e. The normalized spacial score (nSPS) is 15.1. The van der Waals surface area contributed by atoms with Crippen LogP contribution in [0.25, 0.3) is 20.7 Å². The number of carbonyl (C=O) groups is 2. The standard InChI is InChI=1S/C26H25N3O4S2/c1-3-33-26(32)18-12-19(16-7-5-4-6-8-16)34-23(18)28-21(30)13-29-14-27-24-22(25(29)31)17-10-9-15(2)11-20(17)35-24/h4-8,12,14-15H,3,9-11,13H2,1-2H3,(H,28,30). The van der Waals surface area contributed by atoms with E-state index in [1.54, 1.807) is 24.3 Å². The molecule has 3 heterocycles. The number of ether oxygens (including phenoxy) is 1. The fourth-order valence-electron chi connectivity index (χ4n) is 4.39. The summed E-state index contributed by atoms with van der Waals surface area (Å²) in [6, 6.07) is 11.4. The third-order valence-corrected chi connectivity index (χ3v) is 8.40. The Bertz CT molecular complexity index is 1470. The van der Waals surface area contributed by atoms with Crippen LogP contribution in [0.3, 0.4) is 0 Å². The van der Waals surface area contributed by atoms with Crippen molar-refractivity contribution in [1.29, 1.82) is 0 Å². The summed E-state index contributed by atoms with van der Waals surface area (Å²) in [6.07, 6.45) is 4.32. The van der Waals surface area contributed by atoms with Crippen molar-refractivity contribution in [2.24, 2.45) is 5.92 Å². The summed E-state index contributed by atoms with van der Waals surface area (Å²) in [6.45, 7) is 4.00. The van der Waals surface area contributed by atoms with Gasteiger partial charge in [0.15, 0.2) is 0 Å². The fourth-order valence-corrected chi connectivity index (χ4v) is 6.80. The molecular formula is C26H25N3O4S2. The van der Waals surface area contributed by atoms with E-state index in [4.69, 9.17) is 4.74 Å². The molecule has 5 rings (SSSR count). The van der Waals surface area contributed by atoms with E-state index in [1.165, 1.54) is 27.1 Å². The van der Waals surface area contributed by atoms with Gasteiger partial charge < -0.3 is 10.1 Å². The van der Waals surface area contributed by atoms with Crippen LogP contribution in [0.15, 0.2) is 47.5 Å². The first-order valence-corrected chi connectivity index (χ1v) is 13.2. The summed E-state index contributed by atoms with van der Waals surface area (Å²) in [7, 11) is 0. The Morgan fingerprint density at radius 3 is 2.80 bits per heavy atom. The second-order valence-electron chi connectivity index (χ2n) is 8.70. The number of rotatable bonds is 6. The third kappa shape index (κ3) is 4.66. The molecule has 0 radical (unpaired) electrons. The van der Waals surface area contributed by atoms with Gasteiger partial charge in [-0.25, -0.2) is 9.78 Å². The molecule has 35 heavy (non-hydrogen) atoms. The third-order valence-electron chi connectivity index (χ3n) is 6.13. The number of hydrogen-bond acceptors (Lipinski definition) is 7. The van der Waals surface area contributed by atoms with Crippen molar-refractivity contribution in [3.05, 3.63) is 69.1 Å². The number of carbonyl (C=O) groups excluding carboxylic acids is 2. The Hall–Kier alpha value is -3.30. The number of aryl methyl sites for hydroxylation is 1. The van der Waals surface area contributed by atoms with Crippen LogP contribution in [0.5, 0.6) is 0 Å². The van der Waals surface area contributed by atoms with E-state index in [0.29, 0.717) is 21.9 Å². The molecule has 9 heteroatoms. The first-order valence-electron chi connectivity index (χ1n) is 11.6. The minimum atomic E-state index is -0.499. The molecule has 3 aromatic heterocycles. The van der Waals surface area contributed by atoms with Crippen molar-refractivity contribution < 1.29 is 14.3 Å². The average Bonchev–Trinajstić information content (AvgIpc) is 3.43. The van der Waals surface area contributed by atoms with Crippen molar-refractivity contribution in [1.82, 2.24) is 9.55 Å². The van der Waals surface area contributed by atoms with Gasteiger partial charge in [-0.3, -0.25) is 14.2 Å². The molecule has 1 atom stereocenters. The minimum Gasteiger partial charge on any atom is -0.462 e. The summed E-state index contributed by atoms with van der Waals surface area (Å²) in [5.41, 5.74) is 2.13. The van der Waals surface area contributed by atoms with E-state index in [9.17, 15) is 14.4 Å². The van der Waals surface area contributed by atoms with Crippen LogP contribution >= 0.6 is 22.7 Å². The molecule has 0 bridgehead atoms. The summed E-state index contributed by atoms with van der Waals surface area (Å²) in [5, 5.41) is 3.86. The first-order chi connectivity index (χ1) is 16.9. The molecule has 0 fully saturated rings. The number of fused-ring (bicyclic) bond motifs is 3. The smallest absolute Gasteiger partial charge is 0.341 e. The maximum atomic E-state index is 13.3. The van der Waals surface area contributed by atoms with Gasteiger partial charge in [-0.15, -0.1) is 22.7 Å². The molecule has 0 saturated carbocycles. The molecule has 0 aliphatic heterocycles. The molecule has 180 valence electrons. The number of esters is 1. The number of hydrogen-bond donors (Lipinski definition) is 1. The van der Waals surface area contributed by atoms with Crippen molar-refractivity contribution in [2.75, 3.05) is 11.9 Å². The molecule has 1 aromatic carbocycles. The lowest BCUT2D eigenvalue weighted by Gasteiger charge is -2.17. The summed E-state index contributed by atoms with van der Waals surface area (Å²) in [5.74, 6) is -0.303. The van der Waals surface area contributed by atoms with Crippen molar-refractivity contribution in [2.45, 2.75) is 39.7 Å². The zero-order valence-electron chi connectivity index (χ0n) is 19.5. The molecule has 0 saturated heterocycles. The Labute approximate surface area is 210 Å². The minimum absolute atomic E-state index is 0.191. The van der Waals surface area contributed by atoms with Gasteiger partial charge in [0, 0.05) is 9.75 Å². The molecule has 1 amide bonds. The van der Waals surface area contributed by atoms with Crippen LogP contribution in [0.4, 0.5) is 5.00 Å². The molecule has 7 nitrogen and oxygen atoms in total.